The third-order valence-electron chi connectivity index (χ3n) is 4.62. The first-order valence-corrected chi connectivity index (χ1v) is 8.72. The summed E-state index contributed by atoms with van der Waals surface area (Å²) in [5.41, 5.74) is 4.76. The Morgan fingerprint density at radius 1 is 1.12 bits per heavy atom. The van der Waals surface area contributed by atoms with Crippen LogP contribution in [0, 0.1) is 0 Å². The van der Waals surface area contributed by atoms with Crippen molar-refractivity contribution in [2.24, 2.45) is 0 Å². The molecule has 0 spiro atoms. The zero-order valence-corrected chi connectivity index (χ0v) is 15.9. The highest BCUT2D eigenvalue weighted by Gasteiger charge is 2.20. The molecule has 2 aromatic heterocycles. The van der Waals surface area contributed by atoms with Crippen molar-refractivity contribution in [3.8, 4) is 0 Å². The van der Waals surface area contributed by atoms with Crippen LogP contribution in [0.25, 0.3) is 11.0 Å². The predicted molar refractivity (Wildman–Crippen MR) is 106 cm³/mol. The molecule has 6 heteroatoms. The minimum atomic E-state index is 0. The van der Waals surface area contributed by atoms with Crippen LogP contribution in [-0.2, 0) is 13.0 Å². The van der Waals surface area contributed by atoms with E-state index in [4.69, 9.17) is 0 Å². The van der Waals surface area contributed by atoms with Crippen LogP contribution < -0.4 is 10.6 Å². The van der Waals surface area contributed by atoms with Crippen molar-refractivity contribution < 1.29 is 0 Å². The van der Waals surface area contributed by atoms with E-state index in [1.807, 2.05) is 30.5 Å². The number of imidazole rings is 1. The van der Waals surface area contributed by atoms with Crippen LogP contribution in [0.15, 0.2) is 42.6 Å². The smallest absolute Gasteiger partial charge is 0.121 e. The largest absolute Gasteiger partial charge is 0.341 e. The van der Waals surface area contributed by atoms with Crippen molar-refractivity contribution in [2.45, 2.75) is 31.8 Å². The Bertz CT molecular complexity index is 783. The normalized spacial score (nSPS) is 16.4. The number of pyridine rings is 1. The van der Waals surface area contributed by atoms with Gasteiger partial charge in [-0.15, -0.1) is 17.0 Å². The molecule has 5 nitrogen and oxygen atoms in total. The summed E-state index contributed by atoms with van der Waals surface area (Å²) >= 11 is 0. The van der Waals surface area contributed by atoms with Crippen LogP contribution in [0.2, 0.25) is 0 Å². The highest BCUT2D eigenvalue weighted by molar-refractivity contribution is 8.93. The zero-order chi connectivity index (χ0) is 16.2. The second kappa shape index (κ2) is 8.56. The van der Waals surface area contributed by atoms with Gasteiger partial charge in [-0.25, -0.2) is 4.98 Å². The maximum Gasteiger partial charge on any atom is 0.121 e. The van der Waals surface area contributed by atoms with Crippen molar-refractivity contribution in [2.75, 3.05) is 13.1 Å². The predicted octanol–water partition coefficient (Wildman–Crippen LogP) is 3.29. The Hall–Kier alpha value is -1.76. The van der Waals surface area contributed by atoms with Gasteiger partial charge in [-0.2, -0.15) is 0 Å². The van der Waals surface area contributed by atoms with E-state index in [9.17, 15) is 0 Å². The van der Waals surface area contributed by atoms with Crippen LogP contribution in [0.1, 0.15) is 36.0 Å². The molecule has 4 rings (SSSR count). The number of aromatic nitrogens is 3. The van der Waals surface area contributed by atoms with Crippen LogP contribution in [-0.4, -0.2) is 28.0 Å². The van der Waals surface area contributed by atoms with Crippen molar-refractivity contribution >= 4 is 28.0 Å². The molecular weight excluding hydrogens is 378 g/mol. The first-order chi connectivity index (χ1) is 11.9. The second-order valence-corrected chi connectivity index (χ2v) is 6.32. The molecule has 132 valence electrons. The van der Waals surface area contributed by atoms with Gasteiger partial charge in [0.05, 0.1) is 23.3 Å². The molecule has 1 atom stereocenters. The molecule has 3 aromatic rings. The van der Waals surface area contributed by atoms with Gasteiger partial charge in [0.15, 0.2) is 0 Å². The summed E-state index contributed by atoms with van der Waals surface area (Å²) in [7, 11) is 0. The lowest BCUT2D eigenvalue weighted by Crippen LogP contribution is -2.32. The van der Waals surface area contributed by atoms with E-state index < -0.39 is 0 Å². The number of benzene rings is 1. The number of hydrogen-bond acceptors (Lipinski definition) is 4. The molecule has 1 aliphatic rings. The Kier molecular flexibility index (Phi) is 6.18. The minimum absolute atomic E-state index is 0. The van der Waals surface area contributed by atoms with Crippen LogP contribution in [0.3, 0.4) is 0 Å². The highest BCUT2D eigenvalue weighted by Crippen LogP contribution is 2.27. The lowest BCUT2D eigenvalue weighted by Gasteiger charge is -2.25. The monoisotopic (exact) mass is 401 g/mol. The van der Waals surface area contributed by atoms with Crippen molar-refractivity contribution in [1.29, 1.82) is 0 Å². The van der Waals surface area contributed by atoms with Crippen LogP contribution in [0.5, 0.6) is 0 Å². The molecule has 0 bridgehead atoms. The molecule has 0 radical (unpaired) electrons. The molecule has 0 saturated carbocycles. The van der Waals surface area contributed by atoms with E-state index in [1.165, 1.54) is 24.1 Å². The third kappa shape index (κ3) is 4.26. The zero-order valence-electron chi connectivity index (χ0n) is 14.2. The maximum atomic E-state index is 4.58. The number of halogens is 1. The number of nitrogens with zero attached hydrogens (tertiary/aromatic N) is 2. The van der Waals surface area contributed by atoms with Gasteiger partial charge in [-0.3, -0.25) is 4.98 Å². The number of aryl methyl sites for hydroxylation is 1. The summed E-state index contributed by atoms with van der Waals surface area (Å²) in [4.78, 5) is 12.5. The fourth-order valence-corrected chi connectivity index (χ4v) is 3.44. The topological polar surface area (TPSA) is 65.6 Å². The van der Waals surface area contributed by atoms with E-state index in [0.717, 1.165) is 42.9 Å². The Morgan fingerprint density at radius 2 is 2.04 bits per heavy atom. The molecule has 3 N–H and O–H groups in total. The summed E-state index contributed by atoms with van der Waals surface area (Å²) in [5, 5.41) is 7.08. The molecular formula is C19H24BrN5. The van der Waals surface area contributed by atoms with E-state index in [0.29, 0.717) is 6.04 Å². The number of nitrogens with one attached hydrogen (secondary N) is 3. The molecule has 1 unspecified atom stereocenters. The molecule has 1 aliphatic carbocycles. The average Bonchev–Trinajstić information content (AvgIpc) is 3.04. The fourth-order valence-electron chi connectivity index (χ4n) is 3.44. The fraction of sp³-hybridized carbons (Fsp3) is 0.368. The summed E-state index contributed by atoms with van der Waals surface area (Å²) < 4.78 is 0. The van der Waals surface area contributed by atoms with Gasteiger partial charge < -0.3 is 15.6 Å². The van der Waals surface area contributed by atoms with E-state index in [2.05, 4.69) is 37.7 Å². The van der Waals surface area contributed by atoms with E-state index in [-0.39, 0.29) is 17.0 Å². The summed E-state index contributed by atoms with van der Waals surface area (Å²) in [6.45, 7) is 2.60. The van der Waals surface area contributed by atoms with Gasteiger partial charge >= 0.3 is 0 Å². The average molecular weight is 402 g/mol. The second-order valence-electron chi connectivity index (χ2n) is 6.32. The number of rotatable bonds is 6. The van der Waals surface area contributed by atoms with Gasteiger partial charge in [-0.1, -0.05) is 18.2 Å². The summed E-state index contributed by atoms with van der Waals surface area (Å²) in [6, 6.07) is 12.8. The van der Waals surface area contributed by atoms with Gasteiger partial charge in [0.25, 0.3) is 0 Å². The molecule has 0 fully saturated rings. The van der Waals surface area contributed by atoms with Crippen molar-refractivity contribution in [1.82, 2.24) is 25.6 Å². The Morgan fingerprint density at radius 3 is 2.96 bits per heavy atom. The van der Waals surface area contributed by atoms with Gasteiger partial charge in [0.1, 0.15) is 5.82 Å². The van der Waals surface area contributed by atoms with Gasteiger partial charge in [0.2, 0.25) is 0 Å². The van der Waals surface area contributed by atoms with E-state index >= 15 is 0 Å². The third-order valence-corrected chi connectivity index (χ3v) is 4.62. The van der Waals surface area contributed by atoms with Crippen LogP contribution in [0.4, 0.5) is 0 Å². The molecule has 0 aliphatic heterocycles. The van der Waals surface area contributed by atoms with Crippen molar-refractivity contribution in [3.63, 3.8) is 0 Å². The number of aromatic amines is 1. The quantitative estimate of drug-likeness (QED) is 0.554. The number of H-pyrrole nitrogens is 1. The number of fused-ring (bicyclic) bond motifs is 2. The SMILES string of the molecule is Br.c1cnc2c(c1)CCCC2NCCNCc1nc2ccccc2[nH]1. The number of hydrogen-bond donors (Lipinski definition) is 3. The standard InChI is InChI=1S/C19H23N5.BrH/c1-2-8-16-15(7-1)23-18(24-16)13-20-11-12-21-17-9-3-5-14-6-4-10-22-19(14)17;/h1-2,4,6-8,10,17,20-21H,3,5,9,11-13H2,(H,23,24);1H. The maximum absolute atomic E-state index is 4.58. The van der Waals surface area contributed by atoms with Crippen LogP contribution >= 0.6 is 17.0 Å². The molecule has 0 saturated heterocycles. The first-order valence-electron chi connectivity index (χ1n) is 8.72. The molecule has 25 heavy (non-hydrogen) atoms. The Labute approximate surface area is 158 Å². The van der Waals surface area contributed by atoms with Gasteiger partial charge in [-0.05, 0) is 43.0 Å². The lowest BCUT2D eigenvalue weighted by atomic mass is 9.92. The van der Waals surface area contributed by atoms with Gasteiger partial charge in [0, 0.05) is 25.3 Å². The summed E-state index contributed by atoms with van der Waals surface area (Å²) in [6.07, 6.45) is 5.47. The Balaban J connectivity index is 0.00000182. The minimum Gasteiger partial charge on any atom is -0.341 e. The molecule has 2 heterocycles. The molecule has 1 aromatic carbocycles. The van der Waals surface area contributed by atoms with Crippen molar-refractivity contribution in [3.05, 3.63) is 59.7 Å². The lowest BCUT2D eigenvalue weighted by molar-refractivity contribution is 0.443. The highest BCUT2D eigenvalue weighted by atomic mass is 79.9. The summed E-state index contributed by atoms with van der Waals surface area (Å²) in [5.74, 6) is 0.987. The molecule has 0 amide bonds. The number of para-hydroxylation sites is 2. The first kappa shape index (κ1) is 18.0. The van der Waals surface area contributed by atoms with E-state index in [1.54, 1.807) is 0 Å².